The van der Waals surface area contributed by atoms with Crippen molar-refractivity contribution in [2.75, 3.05) is 0 Å². The fourth-order valence-electron chi connectivity index (χ4n) is 4.02. The molecule has 0 fully saturated rings. The van der Waals surface area contributed by atoms with Gasteiger partial charge in [0.25, 0.3) is 0 Å². The normalized spacial score (nSPS) is 13.5. The molecule has 24 heavy (non-hydrogen) atoms. The van der Waals surface area contributed by atoms with E-state index in [1.807, 2.05) is 0 Å². The Morgan fingerprint density at radius 1 is 0.750 bits per heavy atom. The van der Waals surface area contributed by atoms with Crippen LogP contribution in [0.1, 0.15) is 76.2 Å². The maximum absolute atomic E-state index is 12.4. The smallest absolute Gasteiger partial charge is 0.397 e. The SMILES string of the molecule is C=C(C)C(=O)O[Si](O[Si](C(C)C)(C(C)C)C(C)C)(C(C)C)C(C)C. The second-order valence-electron chi connectivity index (χ2n) is 8.62. The molecule has 0 aliphatic carbocycles. The Morgan fingerprint density at radius 3 is 1.29 bits per heavy atom. The minimum atomic E-state index is -2.75. The summed E-state index contributed by atoms with van der Waals surface area (Å²) in [6, 6.07) is 0. The van der Waals surface area contributed by atoms with E-state index in [1.165, 1.54) is 0 Å². The van der Waals surface area contributed by atoms with Gasteiger partial charge in [-0.3, -0.25) is 0 Å². The molecule has 0 aromatic carbocycles. The van der Waals surface area contributed by atoms with Gasteiger partial charge < -0.3 is 8.54 Å². The van der Waals surface area contributed by atoms with E-state index in [0.717, 1.165) is 0 Å². The van der Waals surface area contributed by atoms with Crippen molar-refractivity contribution in [2.24, 2.45) is 0 Å². The van der Waals surface area contributed by atoms with Crippen LogP contribution in [0.4, 0.5) is 0 Å². The molecule has 0 spiro atoms. The Kier molecular flexibility index (Phi) is 8.66. The molecule has 0 amide bonds. The summed E-state index contributed by atoms with van der Waals surface area (Å²) >= 11 is 0. The molecule has 0 unspecified atom stereocenters. The zero-order chi connectivity index (χ0) is 19.5. The van der Waals surface area contributed by atoms with Gasteiger partial charge in [0.15, 0.2) is 8.32 Å². The lowest BCUT2D eigenvalue weighted by atomic mass is 10.4. The van der Waals surface area contributed by atoms with E-state index in [0.29, 0.717) is 22.2 Å². The summed E-state index contributed by atoms with van der Waals surface area (Å²) in [5, 5.41) is 0. The van der Waals surface area contributed by atoms with Gasteiger partial charge in [-0.25, -0.2) is 4.79 Å². The van der Waals surface area contributed by atoms with Gasteiger partial charge in [-0.05, 0) is 23.5 Å². The molecule has 0 N–H and O–H groups in total. The Balaban J connectivity index is 6.23. The van der Waals surface area contributed by atoms with Gasteiger partial charge in [0.05, 0.1) is 0 Å². The van der Waals surface area contributed by atoms with Crippen LogP contribution in [0.25, 0.3) is 0 Å². The third kappa shape index (κ3) is 4.61. The van der Waals surface area contributed by atoms with Gasteiger partial charge in [-0.15, -0.1) is 0 Å². The predicted octanol–water partition coefficient (Wildman–Crippen LogP) is 6.56. The first-order valence-electron chi connectivity index (χ1n) is 9.34. The van der Waals surface area contributed by atoms with E-state index in [2.05, 4.69) is 75.8 Å². The molecular formula is C19H40O3Si2. The summed E-state index contributed by atoms with van der Waals surface area (Å²) in [5.41, 5.74) is 2.23. The molecule has 0 aromatic heterocycles. The van der Waals surface area contributed by atoms with Crippen LogP contribution in [0.15, 0.2) is 12.2 Å². The van der Waals surface area contributed by atoms with Gasteiger partial charge in [-0.2, -0.15) is 0 Å². The second-order valence-corrected chi connectivity index (χ2v) is 18.6. The van der Waals surface area contributed by atoms with Crippen LogP contribution in [0.5, 0.6) is 0 Å². The monoisotopic (exact) mass is 372 g/mol. The average Bonchev–Trinajstić information content (AvgIpc) is 2.40. The second kappa shape index (κ2) is 8.81. The quantitative estimate of drug-likeness (QED) is 0.339. The van der Waals surface area contributed by atoms with E-state index in [-0.39, 0.29) is 17.1 Å². The summed E-state index contributed by atoms with van der Waals surface area (Å²) in [4.78, 5) is 12.4. The number of hydrogen-bond acceptors (Lipinski definition) is 3. The fourth-order valence-corrected chi connectivity index (χ4v) is 17.4. The Labute approximate surface area is 152 Å². The fraction of sp³-hybridized carbons (Fsp3) is 0.842. The zero-order valence-corrected chi connectivity index (χ0v) is 19.8. The Hall–Kier alpha value is -0.396. The largest absolute Gasteiger partial charge is 0.491 e. The standard InChI is InChI=1S/C19H40O3Si2/c1-13(2)19(20)21-24(17(9)10,18(11)12)22-23(14(3)4,15(5)6)16(7)8/h14-18H,1H2,2-12H3. The van der Waals surface area contributed by atoms with E-state index < -0.39 is 16.9 Å². The molecule has 0 atom stereocenters. The van der Waals surface area contributed by atoms with Crippen molar-refractivity contribution >= 4 is 22.8 Å². The molecule has 0 radical (unpaired) electrons. The van der Waals surface area contributed by atoms with Gasteiger partial charge in [0.2, 0.25) is 0 Å². The van der Waals surface area contributed by atoms with Crippen molar-refractivity contribution < 1.29 is 13.3 Å². The van der Waals surface area contributed by atoms with Crippen molar-refractivity contribution in [3.8, 4) is 0 Å². The number of carbonyl (C=O) groups is 1. The summed E-state index contributed by atoms with van der Waals surface area (Å²) in [7, 11) is -4.88. The topological polar surface area (TPSA) is 35.5 Å². The van der Waals surface area contributed by atoms with Gasteiger partial charge in [0.1, 0.15) is 0 Å². The molecular weight excluding hydrogens is 332 g/mol. The molecule has 142 valence electrons. The molecule has 5 heteroatoms. The Bertz CT molecular complexity index is 410. The van der Waals surface area contributed by atoms with Crippen LogP contribution in [0.2, 0.25) is 27.7 Å². The van der Waals surface area contributed by atoms with Crippen LogP contribution in [-0.2, 0) is 13.3 Å². The predicted molar refractivity (Wildman–Crippen MR) is 109 cm³/mol. The minimum absolute atomic E-state index is 0.198. The van der Waals surface area contributed by atoms with E-state index in [4.69, 9.17) is 8.54 Å². The molecule has 0 saturated carbocycles. The van der Waals surface area contributed by atoms with Crippen LogP contribution in [-0.4, -0.2) is 22.8 Å². The van der Waals surface area contributed by atoms with E-state index in [9.17, 15) is 4.79 Å². The average molecular weight is 373 g/mol. The van der Waals surface area contributed by atoms with Crippen LogP contribution in [0.3, 0.4) is 0 Å². The highest BCUT2D eigenvalue weighted by Crippen LogP contribution is 2.48. The first kappa shape index (κ1) is 23.6. The molecule has 0 rings (SSSR count). The van der Waals surface area contributed by atoms with Crippen LogP contribution < -0.4 is 0 Å². The minimum Gasteiger partial charge on any atom is -0.491 e. The van der Waals surface area contributed by atoms with E-state index in [1.54, 1.807) is 6.92 Å². The van der Waals surface area contributed by atoms with Gasteiger partial charge in [-0.1, -0.05) is 75.8 Å². The highest BCUT2D eigenvalue weighted by Gasteiger charge is 2.57. The highest BCUT2D eigenvalue weighted by molar-refractivity contribution is 6.88. The molecule has 0 heterocycles. The molecule has 0 aliphatic rings. The van der Waals surface area contributed by atoms with Crippen molar-refractivity contribution in [1.82, 2.24) is 0 Å². The van der Waals surface area contributed by atoms with Crippen molar-refractivity contribution in [3.63, 3.8) is 0 Å². The first-order chi connectivity index (χ1) is 10.8. The summed E-state index contributed by atoms with van der Waals surface area (Å²) < 4.78 is 13.3. The summed E-state index contributed by atoms with van der Waals surface area (Å²) in [6.45, 7) is 27.6. The molecule has 0 saturated heterocycles. The number of hydrogen-bond donors (Lipinski definition) is 0. The number of carbonyl (C=O) groups excluding carboxylic acids is 1. The molecule has 3 nitrogen and oxygen atoms in total. The third-order valence-electron chi connectivity index (χ3n) is 5.25. The lowest BCUT2D eigenvalue weighted by Crippen LogP contribution is -2.61. The summed E-state index contributed by atoms with van der Waals surface area (Å²) in [6.07, 6.45) is 0. The highest BCUT2D eigenvalue weighted by atomic mass is 28.4. The van der Waals surface area contributed by atoms with Crippen molar-refractivity contribution in [1.29, 1.82) is 0 Å². The number of rotatable bonds is 9. The van der Waals surface area contributed by atoms with Crippen molar-refractivity contribution in [2.45, 2.75) is 104 Å². The van der Waals surface area contributed by atoms with Crippen LogP contribution in [0, 0.1) is 0 Å². The maximum Gasteiger partial charge on any atom is 0.397 e. The summed E-state index contributed by atoms with van der Waals surface area (Å²) in [5.74, 6) is -0.303. The molecule has 0 aromatic rings. The third-order valence-corrected chi connectivity index (χ3v) is 17.1. The lowest BCUT2D eigenvalue weighted by molar-refractivity contribution is -0.132. The first-order valence-corrected chi connectivity index (χ1v) is 13.5. The maximum atomic E-state index is 12.4. The van der Waals surface area contributed by atoms with Crippen molar-refractivity contribution in [3.05, 3.63) is 12.2 Å². The molecule has 0 aliphatic heterocycles. The Morgan fingerprint density at radius 2 is 1.08 bits per heavy atom. The van der Waals surface area contributed by atoms with E-state index >= 15 is 0 Å². The molecule has 0 bridgehead atoms. The van der Waals surface area contributed by atoms with Gasteiger partial charge in [0, 0.05) is 16.7 Å². The zero-order valence-electron chi connectivity index (χ0n) is 17.8. The lowest BCUT2D eigenvalue weighted by Gasteiger charge is -2.50. The van der Waals surface area contributed by atoms with Crippen LogP contribution >= 0.6 is 0 Å². The van der Waals surface area contributed by atoms with Gasteiger partial charge >= 0.3 is 14.5 Å².